The van der Waals surface area contributed by atoms with Gasteiger partial charge >= 0.3 is 11.9 Å². The number of aromatic nitrogens is 1. The number of hydrogen-bond donors (Lipinski definition) is 0. The van der Waals surface area contributed by atoms with E-state index in [9.17, 15) is 9.59 Å². The van der Waals surface area contributed by atoms with Crippen molar-refractivity contribution in [1.82, 2.24) is 0 Å². The number of rotatable bonds is 6. The fraction of sp³-hybridized carbons (Fsp3) is 0.207. The van der Waals surface area contributed by atoms with Crippen molar-refractivity contribution >= 4 is 40.2 Å². The largest absolute Gasteiger partial charge is 1.00 e. The van der Waals surface area contributed by atoms with Gasteiger partial charge in [-0.2, -0.15) is 4.57 Å². The van der Waals surface area contributed by atoms with Crippen LogP contribution in [-0.2, 0) is 16.0 Å². The molecule has 0 unspecified atom stereocenters. The van der Waals surface area contributed by atoms with E-state index in [1.54, 1.807) is 12.1 Å². The summed E-state index contributed by atoms with van der Waals surface area (Å²) in [6.45, 7) is 5.81. The summed E-state index contributed by atoms with van der Waals surface area (Å²) in [6.07, 6.45) is 12.2. The summed E-state index contributed by atoms with van der Waals surface area (Å²) in [5, 5.41) is 0.969. The minimum Gasteiger partial charge on any atom is -1.00 e. The minimum absolute atomic E-state index is 0. The van der Waals surface area contributed by atoms with E-state index in [0.29, 0.717) is 11.1 Å². The second-order valence-corrected chi connectivity index (χ2v) is 8.09. The van der Waals surface area contributed by atoms with Gasteiger partial charge in [0, 0.05) is 36.1 Å². The predicted molar refractivity (Wildman–Crippen MR) is 138 cm³/mol. The molecule has 2 heterocycles. The van der Waals surface area contributed by atoms with E-state index >= 15 is 0 Å². The molecular formula is C29H29IN2O4. The summed E-state index contributed by atoms with van der Waals surface area (Å²) in [6, 6.07) is 13.3. The molecule has 4 rings (SSSR count). The van der Waals surface area contributed by atoms with Gasteiger partial charge in [0.15, 0.2) is 6.20 Å². The molecule has 0 aliphatic carbocycles. The summed E-state index contributed by atoms with van der Waals surface area (Å²) < 4.78 is 12.0. The number of aryl methyl sites for hydroxylation is 1. The van der Waals surface area contributed by atoms with Crippen molar-refractivity contribution in [2.75, 3.05) is 25.7 Å². The third kappa shape index (κ3) is 5.36. The second-order valence-electron chi connectivity index (χ2n) is 8.09. The van der Waals surface area contributed by atoms with Gasteiger partial charge in [-0.3, -0.25) is 0 Å². The van der Waals surface area contributed by atoms with Crippen LogP contribution in [0.3, 0.4) is 0 Å². The van der Waals surface area contributed by atoms with Gasteiger partial charge in [-0.1, -0.05) is 18.2 Å². The predicted octanol–water partition coefficient (Wildman–Crippen LogP) is 2.17. The maximum absolute atomic E-state index is 12.1. The zero-order chi connectivity index (χ0) is 24.9. The summed E-state index contributed by atoms with van der Waals surface area (Å²) >= 11 is 0. The molecule has 186 valence electrons. The number of allylic oxidation sites excluding steroid dienone is 4. The first kappa shape index (κ1) is 27.1. The number of nitrogens with zero attached hydrogens (tertiary/aromatic N) is 2. The number of carbonyl (C=O) groups is 2. The number of halogens is 1. The zero-order valence-electron chi connectivity index (χ0n) is 20.8. The summed E-state index contributed by atoms with van der Waals surface area (Å²) in [5.74, 6) is -0.719. The second kappa shape index (κ2) is 12.0. The monoisotopic (exact) mass is 596 g/mol. The lowest BCUT2D eigenvalue weighted by Crippen LogP contribution is -3.00. The van der Waals surface area contributed by atoms with Crippen molar-refractivity contribution in [3.05, 3.63) is 95.3 Å². The zero-order valence-corrected chi connectivity index (χ0v) is 23.0. The quantitative estimate of drug-likeness (QED) is 0.248. The topological polar surface area (TPSA) is 59.7 Å². The first-order valence-corrected chi connectivity index (χ1v) is 11.6. The van der Waals surface area contributed by atoms with Crippen LogP contribution in [0.4, 0.5) is 5.69 Å². The highest BCUT2D eigenvalue weighted by atomic mass is 127. The Morgan fingerprint density at radius 1 is 0.972 bits per heavy atom. The number of methoxy groups -OCH3 is 2. The van der Waals surface area contributed by atoms with E-state index < -0.39 is 0 Å². The number of esters is 2. The average Bonchev–Trinajstić information content (AvgIpc) is 2.91. The lowest BCUT2D eigenvalue weighted by atomic mass is 9.96. The molecule has 0 spiro atoms. The van der Waals surface area contributed by atoms with Crippen LogP contribution in [-0.4, -0.2) is 32.7 Å². The molecule has 2 aromatic carbocycles. The summed E-state index contributed by atoms with van der Waals surface area (Å²) in [7, 11) is 2.77. The van der Waals surface area contributed by atoms with Gasteiger partial charge in [-0.05, 0) is 61.4 Å². The van der Waals surface area contributed by atoms with Gasteiger partial charge < -0.3 is 38.4 Å². The molecular weight excluding hydrogens is 567 g/mol. The van der Waals surface area contributed by atoms with Gasteiger partial charge in [0.1, 0.15) is 6.54 Å². The van der Waals surface area contributed by atoms with Crippen LogP contribution in [0.25, 0.3) is 22.6 Å². The van der Waals surface area contributed by atoms with Crippen molar-refractivity contribution in [1.29, 1.82) is 0 Å². The highest BCUT2D eigenvalue weighted by Crippen LogP contribution is 2.34. The van der Waals surface area contributed by atoms with Crippen molar-refractivity contribution in [3.8, 4) is 0 Å². The van der Waals surface area contributed by atoms with Crippen LogP contribution >= 0.6 is 0 Å². The molecule has 0 fully saturated rings. The average molecular weight is 596 g/mol. The number of carbonyl (C=O) groups excluding carboxylic acids is 2. The highest BCUT2D eigenvalue weighted by Gasteiger charge is 2.18. The molecule has 1 aliphatic rings. The molecule has 36 heavy (non-hydrogen) atoms. The number of ether oxygens (including phenoxy) is 2. The molecule has 6 nitrogen and oxygen atoms in total. The summed E-state index contributed by atoms with van der Waals surface area (Å²) in [4.78, 5) is 26.4. The van der Waals surface area contributed by atoms with Crippen LogP contribution < -0.4 is 33.4 Å². The third-order valence-electron chi connectivity index (χ3n) is 6.18. The standard InChI is InChI=1S/C29H29N2O4.HI/c1-5-30-16-14-20(24-18-22(28(32)34-3)10-12-26(24)30)8-7-9-21-15-17-31(6-2)27-13-11-23(19-25(21)27)29(33)35-4;/h7-19H,5-6H2,1-4H3;1H/q+1;/p-1. The number of anilines is 1. The van der Waals surface area contributed by atoms with Crippen LogP contribution in [0.2, 0.25) is 0 Å². The number of hydrogen-bond acceptors (Lipinski definition) is 5. The van der Waals surface area contributed by atoms with Crippen LogP contribution in [0.5, 0.6) is 0 Å². The Morgan fingerprint density at radius 3 is 2.33 bits per heavy atom. The van der Waals surface area contributed by atoms with E-state index in [-0.39, 0.29) is 35.9 Å². The molecule has 3 aromatic rings. The van der Waals surface area contributed by atoms with Crippen LogP contribution in [0.1, 0.15) is 45.7 Å². The molecule has 0 radical (unpaired) electrons. The van der Waals surface area contributed by atoms with Gasteiger partial charge in [0.05, 0.1) is 30.7 Å². The maximum Gasteiger partial charge on any atom is 0.337 e. The maximum atomic E-state index is 12.1. The van der Waals surface area contributed by atoms with E-state index in [1.165, 1.54) is 14.2 Å². The first-order chi connectivity index (χ1) is 17.0. The lowest BCUT2D eigenvalue weighted by Gasteiger charge is -2.26. The SMILES string of the molecule is CCN1C=C/C(=C\C=C\c2cc[n+](CC)c3ccc(C(=O)OC)cc23)c2cc(C(=O)OC)ccc21.[I-]. The van der Waals surface area contributed by atoms with Crippen LogP contribution in [0.15, 0.2) is 73.1 Å². The highest BCUT2D eigenvalue weighted by molar-refractivity contribution is 5.97. The van der Waals surface area contributed by atoms with Crippen molar-refractivity contribution in [3.63, 3.8) is 0 Å². The van der Waals surface area contributed by atoms with E-state index in [4.69, 9.17) is 9.47 Å². The van der Waals surface area contributed by atoms with Crippen molar-refractivity contribution in [2.24, 2.45) is 0 Å². The number of benzene rings is 2. The van der Waals surface area contributed by atoms with E-state index in [2.05, 4.69) is 23.3 Å². The Bertz CT molecular complexity index is 1390. The van der Waals surface area contributed by atoms with Gasteiger partial charge in [0.25, 0.3) is 0 Å². The minimum atomic E-state index is -0.360. The van der Waals surface area contributed by atoms with Crippen molar-refractivity contribution < 1.29 is 47.6 Å². The Labute approximate surface area is 228 Å². The molecule has 0 amide bonds. The van der Waals surface area contributed by atoms with Gasteiger partial charge in [0.2, 0.25) is 5.52 Å². The molecule has 1 aromatic heterocycles. The van der Waals surface area contributed by atoms with Gasteiger partial charge in [-0.25, -0.2) is 9.59 Å². The number of pyridine rings is 1. The smallest absolute Gasteiger partial charge is 0.337 e. The Kier molecular flexibility index (Phi) is 9.03. The molecule has 0 N–H and O–H groups in total. The molecule has 0 bridgehead atoms. The number of fused-ring (bicyclic) bond motifs is 2. The third-order valence-corrected chi connectivity index (χ3v) is 6.18. The molecule has 0 saturated carbocycles. The van der Waals surface area contributed by atoms with E-state index in [0.717, 1.165) is 46.4 Å². The Balaban J connectivity index is 0.00000361. The molecule has 7 heteroatoms. The fourth-order valence-electron chi connectivity index (χ4n) is 4.30. The molecule has 0 atom stereocenters. The first-order valence-electron chi connectivity index (χ1n) is 11.6. The van der Waals surface area contributed by atoms with Gasteiger partial charge in [-0.15, -0.1) is 0 Å². The van der Waals surface area contributed by atoms with E-state index in [1.807, 2.05) is 67.0 Å². The lowest BCUT2D eigenvalue weighted by molar-refractivity contribution is -0.667. The van der Waals surface area contributed by atoms with Crippen molar-refractivity contribution in [2.45, 2.75) is 20.4 Å². The molecule has 0 saturated heterocycles. The molecule has 1 aliphatic heterocycles. The Morgan fingerprint density at radius 2 is 1.67 bits per heavy atom. The normalized spacial score (nSPS) is 13.6. The van der Waals surface area contributed by atoms with Crippen LogP contribution in [0, 0.1) is 0 Å². The fourth-order valence-corrected chi connectivity index (χ4v) is 4.30. The summed E-state index contributed by atoms with van der Waals surface area (Å²) in [5.41, 5.74) is 6.06. The Hall–Kier alpha value is -3.46.